The van der Waals surface area contributed by atoms with E-state index in [-0.39, 0.29) is 29.8 Å². The molecule has 0 heterocycles. The average molecular weight is 747 g/mol. The van der Waals surface area contributed by atoms with Gasteiger partial charge in [0, 0.05) is 31.7 Å². The summed E-state index contributed by atoms with van der Waals surface area (Å²) >= 11 is 5.74. The van der Waals surface area contributed by atoms with E-state index in [1.807, 2.05) is 6.07 Å². The first-order chi connectivity index (χ1) is 23.9. The molecule has 5 amide bonds. The fraction of sp³-hybridized carbons (Fsp3) is 0.500. The van der Waals surface area contributed by atoms with Crippen LogP contribution in [0.5, 0.6) is 0 Å². The molecule has 0 aliphatic heterocycles. The van der Waals surface area contributed by atoms with E-state index in [1.165, 1.54) is 17.0 Å². The predicted molar refractivity (Wildman–Crippen MR) is 193 cm³/mol. The van der Waals surface area contributed by atoms with Crippen LogP contribution < -0.4 is 21.3 Å². The van der Waals surface area contributed by atoms with Gasteiger partial charge >= 0.3 is 30.1 Å². The predicted octanol–water partition coefficient (Wildman–Crippen LogP) is 6.22. The number of halogens is 2. The Bertz CT molecular complexity index is 1680. The molecule has 0 spiro atoms. The molecule has 0 bridgehead atoms. The highest BCUT2D eigenvalue weighted by atomic mass is 35.5. The fourth-order valence-corrected chi connectivity index (χ4v) is 5.14. The van der Waals surface area contributed by atoms with Crippen LogP contribution in [0, 0.1) is 11.7 Å². The van der Waals surface area contributed by atoms with Gasteiger partial charge in [-0.25, -0.2) is 18.8 Å². The fourth-order valence-electron chi connectivity index (χ4n) is 5.02. The maximum atomic E-state index is 14.0. The van der Waals surface area contributed by atoms with Gasteiger partial charge in [0.05, 0.1) is 11.1 Å². The van der Waals surface area contributed by atoms with Crippen molar-refractivity contribution in [3.8, 4) is 0 Å². The van der Waals surface area contributed by atoms with Crippen LogP contribution in [0.3, 0.4) is 0 Å². The normalized spacial score (nSPS) is 15.4. The van der Waals surface area contributed by atoms with Crippen molar-refractivity contribution in [2.24, 2.45) is 10.9 Å². The molecule has 0 radical (unpaired) electrons. The van der Waals surface area contributed by atoms with Crippen LogP contribution in [0.4, 0.5) is 24.5 Å². The van der Waals surface area contributed by atoms with Crippen molar-refractivity contribution in [3.05, 3.63) is 63.9 Å². The summed E-state index contributed by atoms with van der Waals surface area (Å²) in [6.07, 6.45) is -1.91. The first-order valence-corrected chi connectivity index (χ1v) is 16.9. The number of fused-ring (bicyclic) bond motifs is 1. The van der Waals surface area contributed by atoms with Crippen LogP contribution in [-0.4, -0.2) is 71.3 Å². The van der Waals surface area contributed by atoms with Gasteiger partial charge in [0.2, 0.25) is 5.96 Å². The minimum atomic E-state index is -1.05. The monoisotopic (exact) mass is 746 g/mol. The zero-order valence-corrected chi connectivity index (χ0v) is 31.9. The number of nitrogens with one attached hydrogen (secondary N) is 4. The molecule has 16 heteroatoms. The molecule has 3 rings (SSSR count). The minimum Gasteiger partial charge on any atom is -0.444 e. The van der Waals surface area contributed by atoms with Crippen LogP contribution in [0.15, 0.2) is 41.4 Å². The smallest absolute Gasteiger partial charge is 0.414 e. The molecule has 4 N–H and O–H groups in total. The first-order valence-electron chi connectivity index (χ1n) is 16.6. The first kappa shape index (κ1) is 41.5. The van der Waals surface area contributed by atoms with Crippen LogP contribution in [-0.2, 0) is 36.8 Å². The third-order valence-electron chi connectivity index (χ3n) is 7.01. The highest BCUT2D eigenvalue weighted by molar-refractivity contribution is 6.39. The molecule has 0 saturated carbocycles. The second-order valence-corrected chi connectivity index (χ2v) is 15.7. The maximum absolute atomic E-state index is 14.0. The lowest BCUT2D eigenvalue weighted by molar-refractivity contribution is -0.136. The van der Waals surface area contributed by atoms with Crippen LogP contribution in [0.25, 0.3) is 0 Å². The Balaban J connectivity index is 1.92. The highest BCUT2D eigenvalue weighted by Gasteiger charge is 2.35. The van der Waals surface area contributed by atoms with Crippen molar-refractivity contribution in [3.63, 3.8) is 0 Å². The summed E-state index contributed by atoms with van der Waals surface area (Å²) in [5.74, 6) is -3.57. The summed E-state index contributed by atoms with van der Waals surface area (Å²) in [7, 11) is 1.61. The van der Waals surface area contributed by atoms with Crippen molar-refractivity contribution >= 4 is 53.3 Å². The number of guanidine groups is 1. The van der Waals surface area contributed by atoms with Crippen LogP contribution >= 0.6 is 11.6 Å². The SMILES string of the molecule is CN(Cc1ccc2c(c1)C[C@H](CN=C(NC(=O)OC(C)(C)C)NC(=O)OC(C)(C)C)[C@H]2NC(=O)C(=O)Nc1ccc(Cl)c(F)c1)C(=O)OC(C)(C)C. The number of carbonyl (C=O) groups excluding carboxylic acids is 5. The van der Waals surface area contributed by atoms with E-state index in [0.29, 0.717) is 12.0 Å². The average Bonchev–Trinajstić information content (AvgIpc) is 3.30. The summed E-state index contributed by atoms with van der Waals surface area (Å²) in [5.41, 5.74) is -0.0742. The molecule has 0 aromatic heterocycles. The van der Waals surface area contributed by atoms with Crippen molar-refractivity contribution in [2.75, 3.05) is 18.9 Å². The molecule has 0 fully saturated rings. The second-order valence-electron chi connectivity index (χ2n) is 15.3. The van der Waals surface area contributed by atoms with Gasteiger partial charge in [-0.05, 0) is 104 Å². The quantitative estimate of drug-likeness (QED) is 0.117. The Kier molecular flexibility index (Phi) is 13.3. The van der Waals surface area contributed by atoms with Gasteiger partial charge in [-0.1, -0.05) is 29.8 Å². The van der Waals surface area contributed by atoms with E-state index in [9.17, 15) is 28.4 Å². The molecule has 0 unspecified atom stereocenters. The molecule has 2 atom stereocenters. The molecule has 1 aliphatic rings. The number of aliphatic imine (C=N–C) groups is 1. The summed E-state index contributed by atoms with van der Waals surface area (Å²) in [6.45, 7) is 15.5. The molecule has 2 aromatic rings. The van der Waals surface area contributed by atoms with Crippen molar-refractivity contribution in [1.82, 2.24) is 20.9 Å². The Labute approximate surface area is 308 Å². The number of hydrogen-bond acceptors (Lipinski definition) is 9. The lowest BCUT2D eigenvalue weighted by atomic mass is 10.0. The van der Waals surface area contributed by atoms with Crippen LogP contribution in [0.2, 0.25) is 5.02 Å². The number of ether oxygens (including phenoxy) is 3. The zero-order valence-electron chi connectivity index (χ0n) is 31.2. The van der Waals surface area contributed by atoms with Crippen molar-refractivity contribution in [1.29, 1.82) is 0 Å². The molecular formula is C36H48ClFN6O8. The Morgan fingerprint density at radius 1 is 0.846 bits per heavy atom. The zero-order chi connectivity index (χ0) is 39.2. The number of anilines is 1. The topological polar surface area (TPSA) is 177 Å². The Hall–Kier alpha value is -4.92. The van der Waals surface area contributed by atoms with E-state index >= 15 is 0 Å². The second kappa shape index (κ2) is 16.6. The molecular weight excluding hydrogens is 699 g/mol. The summed E-state index contributed by atoms with van der Waals surface area (Å²) in [4.78, 5) is 70.0. The number of benzene rings is 2. The summed E-state index contributed by atoms with van der Waals surface area (Å²) < 4.78 is 30.1. The number of alkyl carbamates (subject to hydrolysis) is 2. The van der Waals surface area contributed by atoms with Crippen LogP contribution in [0.1, 0.15) is 85.0 Å². The van der Waals surface area contributed by atoms with Gasteiger partial charge in [0.15, 0.2) is 0 Å². The number of rotatable bonds is 6. The van der Waals surface area contributed by atoms with Gasteiger partial charge in [-0.3, -0.25) is 25.2 Å². The van der Waals surface area contributed by atoms with Gasteiger partial charge < -0.3 is 29.7 Å². The molecule has 14 nitrogen and oxygen atoms in total. The van der Waals surface area contributed by atoms with E-state index < -0.39 is 64.7 Å². The number of hydrogen-bond donors (Lipinski definition) is 4. The number of amides is 5. The number of nitrogens with zero attached hydrogens (tertiary/aromatic N) is 2. The van der Waals surface area contributed by atoms with Crippen molar-refractivity contribution in [2.45, 2.75) is 98.1 Å². The van der Waals surface area contributed by atoms with Gasteiger partial charge in [-0.2, -0.15) is 0 Å². The van der Waals surface area contributed by atoms with Crippen molar-refractivity contribution < 1.29 is 42.6 Å². The molecule has 284 valence electrons. The number of carbonyl (C=O) groups is 5. The summed E-state index contributed by atoms with van der Waals surface area (Å²) in [5, 5.41) is 9.85. The molecule has 0 saturated heterocycles. The Morgan fingerprint density at radius 2 is 1.42 bits per heavy atom. The third-order valence-corrected chi connectivity index (χ3v) is 7.32. The maximum Gasteiger partial charge on any atom is 0.414 e. The minimum absolute atomic E-state index is 0.0276. The third kappa shape index (κ3) is 13.3. The lowest BCUT2D eigenvalue weighted by Gasteiger charge is -2.25. The Morgan fingerprint density at radius 3 is 1.96 bits per heavy atom. The molecule has 1 aliphatic carbocycles. The van der Waals surface area contributed by atoms with E-state index in [1.54, 1.807) is 81.5 Å². The standard InChI is InChI=1S/C36H48ClFN6O8/c1-34(2,3)50-31(47)42-30(43-32(48)51-35(4,5)6)39-18-22-16-21-15-20(19-44(10)33(49)52-36(7,8)9)11-13-24(21)27(22)41-29(46)28(45)40-23-12-14-25(37)26(38)17-23/h11-15,17,22,27H,16,18-19H2,1-10H3,(H,40,45)(H,41,46)(H2,39,42,43,47,48)/t22-,27-/m1/s1. The molecule has 2 aromatic carbocycles. The summed E-state index contributed by atoms with van der Waals surface area (Å²) in [6, 6.07) is 8.29. The highest BCUT2D eigenvalue weighted by Crippen LogP contribution is 2.37. The van der Waals surface area contributed by atoms with E-state index in [4.69, 9.17) is 25.8 Å². The van der Waals surface area contributed by atoms with Gasteiger partial charge in [0.1, 0.15) is 22.6 Å². The lowest BCUT2D eigenvalue weighted by Crippen LogP contribution is -2.47. The molecule has 52 heavy (non-hydrogen) atoms. The largest absolute Gasteiger partial charge is 0.444 e. The van der Waals surface area contributed by atoms with E-state index in [2.05, 4.69) is 26.3 Å². The van der Waals surface area contributed by atoms with E-state index in [0.717, 1.165) is 17.2 Å². The van der Waals surface area contributed by atoms with Gasteiger partial charge in [-0.15, -0.1) is 0 Å². The van der Waals surface area contributed by atoms with Gasteiger partial charge in [0.25, 0.3) is 0 Å².